The van der Waals surface area contributed by atoms with E-state index in [2.05, 4.69) is 5.32 Å². The Morgan fingerprint density at radius 3 is 2.64 bits per heavy atom. The molecule has 0 aliphatic carbocycles. The molecule has 0 heterocycles. The van der Waals surface area contributed by atoms with Crippen LogP contribution >= 0.6 is 0 Å². The molecule has 0 fully saturated rings. The SMILES string of the molecule is CCOc1ccc(/C=C/C(=O)OC(C)C(=O)Nc2cccc(F)c2)cc1OC. The largest absolute Gasteiger partial charge is 0.493 e. The van der Waals surface area contributed by atoms with Crippen LogP contribution in [0.2, 0.25) is 0 Å². The Kier molecular flexibility index (Phi) is 7.56. The third-order valence-corrected chi connectivity index (χ3v) is 3.65. The summed E-state index contributed by atoms with van der Waals surface area (Å²) < 4.78 is 28.9. The van der Waals surface area contributed by atoms with E-state index in [0.29, 0.717) is 23.7 Å². The average Bonchev–Trinajstić information content (AvgIpc) is 2.67. The molecule has 0 aromatic heterocycles. The maximum atomic E-state index is 13.1. The third-order valence-electron chi connectivity index (χ3n) is 3.65. The zero-order valence-electron chi connectivity index (χ0n) is 15.9. The normalized spacial score (nSPS) is 11.7. The zero-order valence-corrected chi connectivity index (χ0v) is 15.9. The highest BCUT2D eigenvalue weighted by atomic mass is 19.1. The maximum absolute atomic E-state index is 13.1. The summed E-state index contributed by atoms with van der Waals surface area (Å²) in [5, 5.41) is 2.48. The van der Waals surface area contributed by atoms with E-state index in [4.69, 9.17) is 14.2 Å². The quantitative estimate of drug-likeness (QED) is 0.551. The Balaban J connectivity index is 1.94. The summed E-state index contributed by atoms with van der Waals surface area (Å²) in [4.78, 5) is 24.0. The van der Waals surface area contributed by atoms with E-state index in [-0.39, 0.29) is 5.69 Å². The summed E-state index contributed by atoms with van der Waals surface area (Å²) >= 11 is 0. The number of hydrogen-bond donors (Lipinski definition) is 1. The summed E-state index contributed by atoms with van der Waals surface area (Å²) in [6.07, 6.45) is 1.70. The number of ether oxygens (including phenoxy) is 3. The Morgan fingerprint density at radius 1 is 1.18 bits per heavy atom. The number of nitrogens with one attached hydrogen (secondary N) is 1. The monoisotopic (exact) mass is 387 g/mol. The predicted molar refractivity (Wildman–Crippen MR) is 104 cm³/mol. The van der Waals surface area contributed by atoms with Crippen LogP contribution in [-0.2, 0) is 14.3 Å². The van der Waals surface area contributed by atoms with E-state index < -0.39 is 23.8 Å². The first kappa shape index (κ1) is 21.0. The molecule has 1 amide bonds. The van der Waals surface area contributed by atoms with Gasteiger partial charge in [-0.05, 0) is 55.8 Å². The van der Waals surface area contributed by atoms with E-state index in [0.717, 1.165) is 0 Å². The van der Waals surface area contributed by atoms with Crippen LogP contribution in [0.1, 0.15) is 19.4 Å². The lowest BCUT2D eigenvalue weighted by Gasteiger charge is -2.12. The van der Waals surface area contributed by atoms with Gasteiger partial charge in [0.25, 0.3) is 5.91 Å². The van der Waals surface area contributed by atoms with Crippen LogP contribution in [0.3, 0.4) is 0 Å². The molecule has 2 aromatic rings. The van der Waals surface area contributed by atoms with Gasteiger partial charge in [0.15, 0.2) is 17.6 Å². The van der Waals surface area contributed by atoms with Gasteiger partial charge in [0, 0.05) is 11.8 Å². The number of carbonyl (C=O) groups excluding carboxylic acids is 2. The molecule has 28 heavy (non-hydrogen) atoms. The maximum Gasteiger partial charge on any atom is 0.331 e. The first-order valence-corrected chi connectivity index (χ1v) is 8.69. The Labute approximate surface area is 162 Å². The minimum absolute atomic E-state index is 0.282. The van der Waals surface area contributed by atoms with Crippen molar-refractivity contribution in [3.05, 3.63) is 59.9 Å². The van der Waals surface area contributed by atoms with Crippen molar-refractivity contribution < 1.29 is 28.2 Å². The highest BCUT2D eigenvalue weighted by Crippen LogP contribution is 2.28. The zero-order chi connectivity index (χ0) is 20.5. The molecule has 1 N–H and O–H groups in total. The molecule has 0 bridgehead atoms. The molecule has 1 atom stereocenters. The van der Waals surface area contributed by atoms with E-state index in [9.17, 15) is 14.0 Å². The third kappa shape index (κ3) is 6.12. The van der Waals surface area contributed by atoms with Gasteiger partial charge < -0.3 is 19.5 Å². The molecular weight excluding hydrogens is 365 g/mol. The van der Waals surface area contributed by atoms with Gasteiger partial charge in [-0.15, -0.1) is 0 Å². The highest BCUT2D eigenvalue weighted by Gasteiger charge is 2.17. The molecule has 6 nitrogen and oxygen atoms in total. The van der Waals surface area contributed by atoms with Crippen molar-refractivity contribution >= 4 is 23.6 Å². The molecule has 0 spiro atoms. The van der Waals surface area contributed by atoms with Crippen molar-refractivity contribution in [1.29, 1.82) is 0 Å². The number of benzene rings is 2. The van der Waals surface area contributed by atoms with E-state index in [1.54, 1.807) is 18.2 Å². The summed E-state index contributed by atoms with van der Waals surface area (Å²) in [5.74, 6) is -0.575. The lowest BCUT2D eigenvalue weighted by atomic mass is 10.2. The summed E-state index contributed by atoms with van der Waals surface area (Å²) in [5.41, 5.74) is 0.985. The fraction of sp³-hybridized carbons (Fsp3) is 0.238. The molecule has 2 aromatic carbocycles. The summed E-state index contributed by atoms with van der Waals surface area (Å²) in [7, 11) is 1.53. The number of carbonyl (C=O) groups is 2. The van der Waals surface area contributed by atoms with E-state index in [1.165, 1.54) is 50.5 Å². The number of rotatable bonds is 8. The molecular formula is C21H22FNO5. The lowest BCUT2D eigenvalue weighted by molar-refractivity contribution is -0.148. The van der Waals surface area contributed by atoms with E-state index in [1.807, 2.05) is 6.92 Å². The number of esters is 1. The van der Waals surface area contributed by atoms with Crippen LogP contribution in [0.25, 0.3) is 6.08 Å². The summed E-state index contributed by atoms with van der Waals surface area (Å²) in [6.45, 7) is 3.81. The van der Waals surface area contributed by atoms with Gasteiger partial charge in [0.1, 0.15) is 5.82 Å². The van der Waals surface area contributed by atoms with Crippen LogP contribution in [0.15, 0.2) is 48.5 Å². The van der Waals surface area contributed by atoms with Crippen molar-refractivity contribution in [3.63, 3.8) is 0 Å². The molecule has 2 rings (SSSR count). The van der Waals surface area contributed by atoms with Crippen LogP contribution in [-0.4, -0.2) is 31.7 Å². The van der Waals surface area contributed by atoms with Gasteiger partial charge in [-0.1, -0.05) is 12.1 Å². The number of hydrogen-bond acceptors (Lipinski definition) is 5. The van der Waals surface area contributed by atoms with Gasteiger partial charge >= 0.3 is 5.97 Å². The van der Waals surface area contributed by atoms with Gasteiger partial charge in [0.2, 0.25) is 0 Å². The van der Waals surface area contributed by atoms with Crippen molar-refractivity contribution in [3.8, 4) is 11.5 Å². The first-order chi connectivity index (χ1) is 13.4. The topological polar surface area (TPSA) is 73.9 Å². The fourth-order valence-corrected chi connectivity index (χ4v) is 2.30. The van der Waals surface area contributed by atoms with Crippen molar-refractivity contribution in [2.24, 2.45) is 0 Å². The van der Waals surface area contributed by atoms with Crippen LogP contribution in [0.5, 0.6) is 11.5 Å². The number of anilines is 1. The standard InChI is InChI=1S/C21H22FNO5/c1-4-27-18-10-8-15(12-19(18)26-3)9-11-20(24)28-14(2)21(25)23-17-7-5-6-16(22)13-17/h5-14H,4H2,1-3H3,(H,23,25)/b11-9+. The van der Waals surface area contributed by atoms with Crippen LogP contribution in [0.4, 0.5) is 10.1 Å². The minimum atomic E-state index is -1.05. The average molecular weight is 387 g/mol. The molecule has 0 saturated carbocycles. The first-order valence-electron chi connectivity index (χ1n) is 8.69. The molecule has 0 radical (unpaired) electrons. The van der Waals surface area contributed by atoms with Gasteiger partial charge in [0.05, 0.1) is 13.7 Å². The van der Waals surface area contributed by atoms with Gasteiger partial charge in [-0.25, -0.2) is 9.18 Å². The van der Waals surface area contributed by atoms with Crippen molar-refractivity contribution in [1.82, 2.24) is 0 Å². The molecule has 0 saturated heterocycles. The van der Waals surface area contributed by atoms with Gasteiger partial charge in [-0.2, -0.15) is 0 Å². The second kappa shape index (κ2) is 10.1. The fourth-order valence-electron chi connectivity index (χ4n) is 2.30. The molecule has 148 valence electrons. The van der Waals surface area contributed by atoms with Gasteiger partial charge in [-0.3, -0.25) is 4.79 Å². The smallest absolute Gasteiger partial charge is 0.331 e. The second-order valence-electron chi connectivity index (χ2n) is 5.76. The lowest BCUT2D eigenvalue weighted by Crippen LogP contribution is -2.29. The Morgan fingerprint density at radius 2 is 1.96 bits per heavy atom. The highest BCUT2D eigenvalue weighted by molar-refractivity contribution is 5.96. The molecule has 1 unspecified atom stereocenters. The number of methoxy groups -OCH3 is 1. The Hall–Kier alpha value is -3.35. The summed E-state index contributed by atoms with van der Waals surface area (Å²) in [6, 6.07) is 10.7. The Bertz CT molecular complexity index is 866. The van der Waals surface area contributed by atoms with Crippen LogP contribution < -0.4 is 14.8 Å². The second-order valence-corrected chi connectivity index (χ2v) is 5.76. The molecule has 0 aliphatic heterocycles. The minimum Gasteiger partial charge on any atom is -0.493 e. The van der Waals surface area contributed by atoms with E-state index >= 15 is 0 Å². The molecule has 7 heteroatoms. The van der Waals surface area contributed by atoms with Crippen LogP contribution in [0, 0.1) is 5.82 Å². The number of amides is 1. The van der Waals surface area contributed by atoms with Crippen molar-refractivity contribution in [2.45, 2.75) is 20.0 Å². The number of halogens is 1. The predicted octanol–water partition coefficient (Wildman–Crippen LogP) is 3.82. The molecule has 0 aliphatic rings. The van der Waals surface area contributed by atoms with Crippen molar-refractivity contribution in [2.75, 3.05) is 19.0 Å².